The van der Waals surface area contributed by atoms with Gasteiger partial charge < -0.3 is 10.1 Å². The quantitative estimate of drug-likeness (QED) is 0.752. The van der Waals surface area contributed by atoms with Gasteiger partial charge in [-0.05, 0) is 12.1 Å². The standard InChI is InChI=1S/C17H15N3O2S/c21-15(11-12-22-14-9-5-2-6-10-14)18-17-20-19-16(23-17)13-7-3-1-4-8-13/h1-10H,11-12H2,(H,18,20,21). The van der Waals surface area contributed by atoms with Crippen LogP contribution in [0, 0.1) is 0 Å². The van der Waals surface area contributed by atoms with Crippen LogP contribution in [-0.2, 0) is 4.79 Å². The van der Waals surface area contributed by atoms with Crippen LogP contribution in [0.5, 0.6) is 5.75 Å². The molecule has 0 aliphatic heterocycles. The van der Waals surface area contributed by atoms with Crippen LogP contribution in [-0.4, -0.2) is 22.7 Å². The van der Waals surface area contributed by atoms with E-state index in [0.29, 0.717) is 11.7 Å². The summed E-state index contributed by atoms with van der Waals surface area (Å²) in [6.07, 6.45) is 0.259. The Morgan fingerprint density at radius 3 is 2.43 bits per heavy atom. The smallest absolute Gasteiger partial charge is 0.229 e. The normalized spacial score (nSPS) is 10.3. The molecule has 5 nitrogen and oxygen atoms in total. The highest BCUT2D eigenvalue weighted by Crippen LogP contribution is 2.25. The molecule has 0 fully saturated rings. The van der Waals surface area contributed by atoms with Crippen molar-refractivity contribution in [3.8, 4) is 16.3 Å². The summed E-state index contributed by atoms with van der Waals surface area (Å²) in [5.74, 6) is 0.610. The van der Waals surface area contributed by atoms with E-state index >= 15 is 0 Å². The van der Waals surface area contributed by atoms with E-state index in [1.54, 1.807) is 0 Å². The summed E-state index contributed by atoms with van der Waals surface area (Å²) in [6, 6.07) is 19.2. The molecule has 1 amide bonds. The molecule has 0 aliphatic carbocycles. The lowest BCUT2D eigenvalue weighted by Crippen LogP contribution is -2.15. The molecule has 1 N–H and O–H groups in total. The van der Waals surface area contributed by atoms with Gasteiger partial charge in [-0.25, -0.2) is 0 Å². The lowest BCUT2D eigenvalue weighted by atomic mass is 10.2. The summed E-state index contributed by atoms with van der Waals surface area (Å²) < 4.78 is 5.50. The molecule has 2 aromatic carbocycles. The van der Waals surface area contributed by atoms with Gasteiger partial charge in [-0.15, -0.1) is 10.2 Å². The lowest BCUT2D eigenvalue weighted by Gasteiger charge is -2.05. The fourth-order valence-electron chi connectivity index (χ4n) is 1.93. The number of hydrogen-bond acceptors (Lipinski definition) is 5. The second-order valence-electron chi connectivity index (χ2n) is 4.74. The van der Waals surface area contributed by atoms with Crippen molar-refractivity contribution in [3.05, 3.63) is 60.7 Å². The molecule has 1 heterocycles. The molecular weight excluding hydrogens is 310 g/mol. The molecule has 23 heavy (non-hydrogen) atoms. The summed E-state index contributed by atoms with van der Waals surface area (Å²) in [4.78, 5) is 11.9. The topological polar surface area (TPSA) is 64.1 Å². The molecule has 3 rings (SSSR count). The predicted octanol–water partition coefficient (Wildman–Crippen LogP) is 3.61. The van der Waals surface area contributed by atoms with E-state index in [1.807, 2.05) is 60.7 Å². The maximum absolute atomic E-state index is 11.9. The number of anilines is 1. The van der Waals surface area contributed by atoms with Crippen molar-refractivity contribution in [2.24, 2.45) is 0 Å². The van der Waals surface area contributed by atoms with Crippen LogP contribution in [0.4, 0.5) is 5.13 Å². The fraction of sp³-hybridized carbons (Fsp3) is 0.118. The summed E-state index contributed by atoms with van der Waals surface area (Å²) in [5.41, 5.74) is 0.984. The van der Waals surface area contributed by atoms with E-state index in [9.17, 15) is 4.79 Å². The number of ether oxygens (including phenoxy) is 1. The van der Waals surface area contributed by atoms with Gasteiger partial charge in [0.15, 0.2) is 0 Å². The van der Waals surface area contributed by atoms with Gasteiger partial charge in [0.25, 0.3) is 0 Å². The van der Waals surface area contributed by atoms with Crippen LogP contribution in [0.1, 0.15) is 6.42 Å². The fourth-order valence-corrected chi connectivity index (χ4v) is 2.70. The van der Waals surface area contributed by atoms with Crippen LogP contribution in [0.3, 0.4) is 0 Å². The van der Waals surface area contributed by atoms with Gasteiger partial charge in [-0.2, -0.15) is 0 Å². The van der Waals surface area contributed by atoms with E-state index in [0.717, 1.165) is 16.3 Å². The highest BCUT2D eigenvalue weighted by atomic mass is 32.1. The summed E-state index contributed by atoms with van der Waals surface area (Å²) in [7, 11) is 0. The van der Waals surface area contributed by atoms with Gasteiger partial charge in [0.1, 0.15) is 10.8 Å². The number of rotatable bonds is 6. The Kier molecular flexibility index (Phi) is 4.95. The first-order chi connectivity index (χ1) is 11.3. The largest absolute Gasteiger partial charge is 0.493 e. The Bertz CT molecular complexity index is 760. The number of aromatic nitrogens is 2. The molecule has 1 aromatic heterocycles. The Hall–Kier alpha value is -2.73. The van der Waals surface area contributed by atoms with E-state index in [2.05, 4.69) is 15.5 Å². The second kappa shape index (κ2) is 7.51. The minimum Gasteiger partial charge on any atom is -0.493 e. The van der Waals surface area contributed by atoms with Gasteiger partial charge in [0, 0.05) is 5.56 Å². The van der Waals surface area contributed by atoms with Crippen LogP contribution in [0.25, 0.3) is 10.6 Å². The number of nitrogens with one attached hydrogen (secondary N) is 1. The van der Waals surface area contributed by atoms with Crippen LogP contribution in [0.15, 0.2) is 60.7 Å². The number of nitrogens with zero attached hydrogens (tertiary/aromatic N) is 2. The summed E-state index contributed by atoms with van der Waals surface area (Å²) in [6.45, 7) is 0.320. The van der Waals surface area contributed by atoms with Crippen LogP contribution in [0.2, 0.25) is 0 Å². The maximum Gasteiger partial charge on any atom is 0.229 e. The molecule has 3 aromatic rings. The molecule has 0 spiro atoms. The zero-order valence-electron chi connectivity index (χ0n) is 12.3. The van der Waals surface area contributed by atoms with Crippen LogP contribution < -0.4 is 10.1 Å². The third kappa shape index (κ3) is 4.37. The lowest BCUT2D eigenvalue weighted by molar-refractivity contribution is -0.116. The average molecular weight is 325 g/mol. The third-order valence-electron chi connectivity index (χ3n) is 3.03. The molecule has 0 saturated carbocycles. The SMILES string of the molecule is O=C(CCOc1ccccc1)Nc1nnc(-c2ccccc2)s1. The Morgan fingerprint density at radius 2 is 1.70 bits per heavy atom. The van der Waals surface area contributed by atoms with E-state index < -0.39 is 0 Å². The van der Waals surface area contributed by atoms with Crippen molar-refractivity contribution >= 4 is 22.4 Å². The second-order valence-corrected chi connectivity index (χ2v) is 5.72. The van der Waals surface area contributed by atoms with Crippen molar-refractivity contribution in [1.82, 2.24) is 10.2 Å². The van der Waals surface area contributed by atoms with Crippen molar-refractivity contribution in [3.63, 3.8) is 0 Å². The first kappa shape index (κ1) is 15.2. The van der Waals surface area contributed by atoms with Gasteiger partial charge in [-0.3, -0.25) is 4.79 Å². The number of carbonyl (C=O) groups is 1. The highest BCUT2D eigenvalue weighted by Gasteiger charge is 2.09. The molecule has 0 unspecified atom stereocenters. The summed E-state index contributed by atoms with van der Waals surface area (Å²) >= 11 is 1.35. The first-order valence-corrected chi connectivity index (χ1v) is 7.99. The number of amides is 1. The van der Waals surface area contributed by atoms with Gasteiger partial charge in [0.2, 0.25) is 11.0 Å². The maximum atomic E-state index is 11.9. The molecular formula is C17H15N3O2S. The zero-order chi connectivity index (χ0) is 15.9. The number of carbonyl (C=O) groups excluding carboxylic acids is 1. The van der Waals surface area contributed by atoms with Gasteiger partial charge >= 0.3 is 0 Å². The van der Waals surface area contributed by atoms with Crippen molar-refractivity contribution in [2.45, 2.75) is 6.42 Å². The van der Waals surface area contributed by atoms with E-state index in [1.165, 1.54) is 11.3 Å². The molecule has 116 valence electrons. The monoisotopic (exact) mass is 325 g/mol. The predicted molar refractivity (Wildman–Crippen MR) is 90.5 cm³/mol. The third-order valence-corrected chi connectivity index (χ3v) is 3.92. The van der Waals surface area contributed by atoms with E-state index in [4.69, 9.17) is 4.74 Å². The van der Waals surface area contributed by atoms with E-state index in [-0.39, 0.29) is 12.3 Å². The zero-order valence-corrected chi connectivity index (χ0v) is 13.1. The van der Waals surface area contributed by atoms with Crippen molar-refractivity contribution < 1.29 is 9.53 Å². The number of hydrogen-bond donors (Lipinski definition) is 1. The molecule has 0 atom stereocenters. The van der Waals surface area contributed by atoms with Gasteiger partial charge in [0.05, 0.1) is 13.0 Å². The molecule has 0 bridgehead atoms. The molecule has 6 heteroatoms. The van der Waals surface area contributed by atoms with Crippen molar-refractivity contribution in [1.29, 1.82) is 0 Å². The average Bonchev–Trinajstić information content (AvgIpc) is 3.05. The first-order valence-electron chi connectivity index (χ1n) is 7.18. The Morgan fingerprint density at radius 1 is 1.00 bits per heavy atom. The molecule has 0 saturated heterocycles. The van der Waals surface area contributed by atoms with Crippen molar-refractivity contribution in [2.75, 3.05) is 11.9 Å². The Labute approximate surface area is 138 Å². The van der Waals surface area contributed by atoms with Crippen LogP contribution >= 0.6 is 11.3 Å². The molecule has 0 radical (unpaired) electrons. The minimum atomic E-state index is -0.142. The number of para-hydroxylation sites is 1. The number of benzene rings is 2. The Balaban J connectivity index is 1.49. The highest BCUT2D eigenvalue weighted by molar-refractivity contribution is 7.18. The summed E-state index contributed by atoms with van der Waals surface area (Å²) in [5, 5.41) is 12.1. The minimum absolute atomic E-state index is 0.142. The molecule has 0 aliphatic rings. The van der Waals surface area contributed by atoms with Gasteiger partial charge in [-0.1, -0.05) is 59.9 Å².